The van der Waals surface area contributed by atoms with E-state index in [1.165, 1.54) is 43.5 Å². The second-order valence-corrected chi connectivity index (χ2v) is 14.5. The quantitative estimate of drug-likeness (QED) is 0.365. The Bertz CT molecular complexity index is 1570. The number of alkyl halides is 3. The van der Waals surface area contributed by atoms with Gasteiger partial charge in [0.05, 0.1) is 33.8 Å². The molecule has 0 bridgehead atoms. The summed E-state index contributed by atoms with van der Waals surface area (Å²) in [5, 5.41) is -1.32. The monoisotopic (exact) mass is 624 g/mol. The van der Waals surface area contributed by atoms with Crippen LogP contribution in [-0.4, -0.2) is 78.8 Å². The van der Waals surface area contributed by atoms with Gasteiger partial charge in [0.1, 0.15) is 11.0 Å². The van der Waals surface area contributed by atoms with Crippen LogP contribution in [0.1, 0.15) is 32.3 Å². The standard InChI is InChI=1S/C29H31F3N2O6S2/c1-40-27-22(11-12-24-26(27)25(19-41(24,36)37)42(38,39)21-8-3-2-4-9-21)28(35)34-17-15-33(16-18-34)14-13-20-7-5-6-10-23(20)29(30,31)32/h2-12,25,36-37H,13-19H2,1H3. The molecule has 2 aliphatic heterocycles. The minimum atomic E-state index is -4.43. The molecule has 0 saturated carbocycles. The second-order valence-electron chi connectivity index (χ2n) is 10.3. The van der Waals surface area contributed by atoms with Gasteiger partial charge in [0.15, 0.2) is 9.84 Å². The molecule has 3 aromatic rings. The molecule has 1 unspecified atom stereocenters. The van der Waals surface area contributed by atoms with Crippen molar-refractivity contribution in [3.05, 3.63) is 89.0 Å². The smallest absolute Gasteiger partial charge is 0.416 e. The van der Waals surface area contributed by atoms with Crippen molar-refractivity contribution >= 4 is 26.3 Å². The summed E-state index contributed by atoms with van der Waals surface area (Å²) in [6, 6.07) is 16.0. The molecule has 2 aliphatic rings. The molecule has 2 N–H and O–H groups in total. The Hall–Kier alpha value is -3.10. The lowest BCUT2D eigenvalue weighted by Gasteiger charge is -2.35. The van der Waals surface area contributed by atoms with Crippen LogP contribution in [0.25, 0.3) is 0 Å². The molecule has 1 atom stereocenters. The van der Waals surface area contributed by atoms with Crippen molar-refractivity contribution in [1.82, 2.24) is 9.80 Å². The van der Waals surface area contributed by atoms with E-state index in [0.717, 1.165) is 6.07 Å². The number of hydrogen-bond acceptors (Lipinski definition) is 7. The van der Waals surface area contributed by atoms with Crippen LogP contribution in [0.5, 0.6) is 5.75 Å². The molecule has 0 aliphatic carbocycles. The third kappa shape index (κ3) is 5.76. The first-order chi connectivity index (χ1) is 19.8. The molecule has 226 valence electrons. The highest BCUT2D eigenvalue weighted by atomic mass is 32.3. The molecule has 3 aromatic carbocycles. The molecule has 1 saturated heterocycles. The summed E-state index contributed by atoms with van der Waals surface area (Å²) in [6.07, 6.45) is -4.21. The zero-order valence-corrected chi connectivity index (χ0v) is 24.4. The zero-order valence-electron chi connectivity index (χ0n) is 22.8. The summed E-state index contributed by atoms with van der Waals surface area (Å²) >= 11 is 0. The number of piperazine rings is 1. The van der Waals surface area contributed by atoms with Gasteiger partial charge in [-0.2, -0.15) is 23.8 Å². The van der Waals surface area contributed by atoms with Crippen LogP contribution in [0.15, 0.2) is 76.5 Å². The Morgan fingerprint density at radius 3 is 2.26 bits per heavy atom. The largest absolute Gasteiger partial charge is 0.496 e. The molecule has 0 radical (unpaired) electrons. The van der Waals surface area contributed by atoms with E-state index in [2.05, 4.69) is 0 Å². The molecular formula is C29H31F3N2O6S2. The maximum Gasteiger partial charge on any atom is 0.416 e. The predicted octanol–water partition coefficient (Wildman–Crippen LogP) is 5.35. The van der Waals surface area contributed by atoms with Gasteiger partial charge >= 0.3 is 6.18 Å². The van der Waals surface area contributed by atoms with Crippen molar-refractivity contribution in [1.29, 1.82) is 0 Å². The number of hydrogen-bond donors (Lipinski definition) is 2. The average molecular weight is 625 g/mol. The van der Waals surface area contributed by atoms with Gasteiger partial charge in [-0.15, -0.1) is 0 Å². The van der Waals surface area contributed by atoms with Gasteiger partial charge in [-0.1, -0.05) is 36.4 Å². The van der Waals surface area contributed by atoms with Gasteiger partial charge in [-0.25, -0.2) is 8.42 Å². The Labute approximate surface area is 244 Å². The third-order valence-electron chi connectivity index (χ3n) is 7.77. The van der Waals surface area contributed by atoms with Gasteiger partial charge < -0.3 is 9.64 Å². The molecule has 8 nitrogen and oxygen atoms in total. The number of benzene rings is 3. The lowest BCUT2D eigenvalue weighted by molar-refractivity contribution is -0.138. The first-order valence-electron chi connectivity index (χ1n) is 13.3. The number of carbonyl (C=O) groups excluding carboxylic acids is 1. The van der Waals surface area contributed by atoms with E-state index in [1.54, 1.807) is 29.2 Å². The SMILES string of the molecule is COc1c(C(=O)N2CCN(CCc3ccccc3C(F)(F)F)CC2)ccc2c1C(S(=O)(=O)c1ccccc1)CS2(O)O. The Morgan fingerprint density at radius 2 is 1.62 bits per heavy atom. The van der Waals surface area contributed by atoms with Crippen LogP contribution in [-0.2, 0) is 22.4 Å². The van der Waals surface area contributed by atoms with Crippen LogP contribution < -0.4 is 4.74 Å². The third-order valence-corrected chi connectivity index (χ3v) is 11.9. The molecule has 0 aromatic heterocycles. The minimum absolute atomic E-state index is 0.00864. The van der Waals surface area contributed by atoms with Crippen molar-refractivity contribution in [2.45, 2.75) is 27.6 Å². The summed E-state index contributed by atoms with van der Waals surface area (Å²) < 4.78 is 94.4. The van der Waals surface area contributed by atoms with E-state index >= 15 is 0 Å². The lowest BCUT2D eigenvalue weighted by Crippen LogP contribution is -2.49. The first kappa shape index (κ1) is 30.4. The summed E-state index contributed by atoms with van der Waals surface area (Å²) in [5.41, 5.74) is -0.243. The molecule has 1 fully saturated rings. The highest BCUT2D eigenvalue weighted by Gasteiger charge is 2.46. The van der Waals surface area contributed by atoms with E-state index in [4.69, 9.17) is 4.74 Å². The van der Waals surface area contributed by atoms with Crippen LogP contribution in [0.3, 0.4) is 0 Å². The topological polar surface area (TPSA) is 107 Å². The fourth-order valence-electron chi connectivity index (χ4n) is 5.60. The summed E-state index contributed by atoms with van der Waals surface area (Å²) in [4.78, 5) is 17.3. The molecule has 1 amide bonds. The van der Waals surface area contributed by atoms with Crippen LogP contribution >= 0.6 is 10.6 Å². The number of fused-ring (bicyclic) bond motifs is 1. The van der Waals surface area contributed by atoms with Crippen LogP contribution in [0.2, 0.25) is 0 Å². The predicted molar refractivity (Wildman–Crippen MR) is 153 cm³/mol. The van der Waals surface area contributed by atoms with Crippen molar-refractivity contribution in [3.8, 4) is 5.75 Å². The van der Waals surface area contributed by atoms with Crippen molar-refractivity contribution in [2.75, 3.05) is 45.6 Å². The van der Waals surface area contributed by atoms with E-state index in [1.807, 2.05) is 4.90 Å². The van der Waals surface area contributed by atoms with Crippen molar-refractivity contribution in [3.63, 3.8) is 0 Å². The molecule has 5 rings (SSSR count). The zero-order chi connectivity index (χ0) is 30.3. The molecule has 42 heavy (non-hydrogen) atoms. The number of amides is 1. The number of carbonyl (C=O) groups is 1. The highest BCUT2D eigenvalue weighted by molar-refractivity contribution is 8.25. The minimum Gasteiger partial charge on any atom is -0.496 e. The number of nitrogens with zero attached hydrogens (tertiary/aromatic N) is 2. The molecular weight excluding hydrogens is 593 g/mol. The maximum atomic E-state index is 13.6. The van der Waals surface area contributed by atoms with Gasteiger partial charge in [0.25, 0.3) is 5.91 Å². The van der Waals surface area contributed by atoms with Crippen LogP contribution in [0.4, 0.5) is 13.2 Å². The Balaban J connectivity index is 1.34. The van der Waals surface area contributed by atoms with E-state index in [-0.39, 0.29) is 38.7 Å². The Morgan fingerprint density at radius 1 is 0.976 bits per heavy atom. The van der Waals surface area contributed by atoms with E-state index in [0.29, 0.717) is 32.7 Å². The van der Waals surface area contributed by atoms with Crippen LogP contribution in [0, 0.1) is 0 Å². The Kier molecular flexibility index (Phi) is 8.33. The van der Waals surface area contributed by atoms with E-state index < -0.39 is 49.1 Å². The number of rotatable bonds is 7. The van der Waals surface area contributed by atoms with E-state index in [9.17, 15) is 35.5 Å². The summed E-state index contributed by atoms with van der Waals surface area (Å²) in [7, 11) is -6.20. The first-order valence-corrected chi connectivity index (χ1v) is 16.5. The number of methoxy groups -OCH3 is 1. The van der Waals surface area contributed by atoms with Gasteiger partial charge in [0.2, 0.25) is 0 Å². The highest BCUT2D eigenvalue weighted by Crippen LogP contribution is 2.63. The fraction of sp³-hybridized carbons (Fsp3) is 0.345. The van der Waals surface area contributed by atoms with Gasteiger partial charge in [-0.3, -0.25) is 18.8 Å². The maximum absolute atomic E-state index is 13.6. The lowest BCUT2D eigenvalue weighted by atomic mass is 10.0. The normalized spacial score (nSPS) is 19.8. The average Bonchev–Trinajstić information content (AvgIpc) is 3.27. The van der Waals surface area contributed by atoms with Gasteiger partial charge in [-0.05, 0) is 42.3 Å². The van der Waals surface area contributed by atoms with Crippen molar-refractivity contribution < 1.29 is 40.2 Å². The summed E-state index contributed by atoms with van der Waals surface area (Å²) in [6.45, 7) is 1.90. The molecule has 13 heteroatoms. The van der Waals surface area contributed by atoms with Crippen molar-refractivity contribution in [2.24, 2.45) is 0 Å². The number of halogens is 3. The second kappa shape index (κ2) is 11.5. The number of ether oxygens (including phenoxy) is 1. The van der Waals surface area contributed by atoms with Gasteiger partial charge in [0, 0.05) is 38.3 Å². The fourth-order valence-corrected chi connectivity index (χ4v) is 10.0. The summed E-state index contributed by atoms with van der Waals surface area (Å²) in [5.74, 6) is -0.856. The number of sulfone groups is 1. The molecule has 2 heterocycles. The molecule has 0 spiro atoms.